The normalized spacial score (nSPS) is 19.3. The minimum absolute atomic E-state index is 0.0983. The van der Waals surface area contributed by atoms with Crippen LogP contribution in [0.5, 0.6) is 5.75 Å². The van der Waals surface area contributed by atoms with Gasteiger partial charge in [0.05, 0.1) is 18.7 Å². The number of aliphatic hydroxyl groups excluding tert-OH is 1. The number of carbonyl (C=O) groups is 1. The lowest BCUT2D eigenvalue weighted by molar-refractivity contribution is -0.139. The van der Waals surface area contributed by atoms with E-state index in [1.54, 1.807) is 13.3 Å². The molecule has 3 atom stereocenters. The zero-order valence-electron chi connectivity index (χ0n) is 21.1. The smallest absolute Gasteiger partial charge is 0.303 e. The predicted molar refractivity (Wildman–Crippen MR) is 145 cm³/mol. The number of likely N-dealkylation sites (tertiary alicyclic amines) is 1. The van der Waals surface area contributed by atoms with Crippen LogP contribution in [0.1, 0.15) is 42.9 Å². The van der Waals surface area contributed by atoms with E-state index in [0.29, 0.717) is 12.3 Å². The summed E-state index contributed by atoms with van der Waals surface area (Å²) in [6, 6.07) is 16.0. The molecule has 4 rings (SSSR count). The molecule has 1 saturated heterocycles. The molecule has 0 spiro atoms. The van der Waals surface area contributed by atoms with E-state index in [0.717, 1.165) is 60.4 Å². The minimum atomic E-state index is -0.742. The number of aryl methyl sites for hydroxylation is 1. The van der Waals surface area contributed by atoms with E-state index in [-0.39, 0.29) is 12.3 Å². The van der Waals surface area contributed by atoms with Crippen LogP contribution in [0.15, 0.2) is 59.6 Å². The molecular formula is C29H36N2O4S. The number of aliphatic carboxylic acids is 1. The van der Waals surface area contributed by atoms with Gasteiger partial charge in [0.1, 0.15) is 5.75 Å². The maximum atomic E-state index is 11.6. The zero-order chi connectivity index (χ0) is 25.5. The van der Waals surface area contributed by atoms with Crippen molar-refractivity contribution in [2.45, 2.75) is 43.6 Å². The molecule has 1 aliphatic rings. The number of hydrogen-bond donors (Lipinski definition) is 2. The number of aliphatic hydroxyl groups is 1. The number of carboxylic acids is 1. The molecule has 1 aromatic heterocycles. The summed E-state index contributed by atoms with van der Waals surface area (Å²) in [5.74, 6) is 1.37. The Hall–Kier alpha value is -2.61. The first-order valence-corrected chi connectivity index (χ1v) is 13.7. The number of piperidine rings is 1. The van der Waals surface area contributed by atoms with E-state index >= 15 is 0 Å². The number of nitrogens with zero attached hydrogens (tertiary/aromatic N) is 2. The third-order valence-electron chi connectivity index (χ3n) is 7.32. The van der Waals surface area contributed by atoms with Crippen LogP contribution in [-0.2, 0) is 4.79 Å². The average molecular weight is 509 g/mol. The van der Waals surface area contributed by atoms with Gasteiger partial charge in [0.15, 0.2) is 0 Å². The predicted octanol–water partition coefficient (Wildman–Crippen LogP) is 5.57. The first kappa shape index (κ1) is 26.5. The Morgan fingerprint density at radius 1 is 1.22 bits per heavy atom. The van der Waals surface area contributed by atoms with Crippen LogP contribution >= 0.6 is 11.8 Å². The van der Waals surface area contributed by atoms with Gasteiger partial charge in [0, 0.05) is 41.7 Å². The molecule has 6 nitrogen and oxygen atoms in total. The molecule has 0 radical (unpaired) electrons. The number of fused-ring (bicyclic) bond motifs is 1. The number of thioether (sulfide) groups is 1. The molecule has 7 heteroatoms. The molecule has 0 bridgehead atoms. The summed E-state index contributed by atoms with van der Waals surface area (Å²) in [4.78, 5) is 19.8. The highest BCUT2D eigenvalue weighted by Crippen LogP contribution is 2.35. The largest absolute Gasteiger partial charge is 0.497 e. The van der Waals surface area contributed by atoms with Crippen LogP contribution < -0.4 is 4.74 Å². The Morgan fingerprint density at radius 2 is 2.06 bits per heavy atom. The molecule has 2 aromatic carbocycles. The average Bonchev–Trinajstić information content (AvgIpc) is 2.88. The number of pyridine rings is 1. The van der Waals surface area contributed by atoms with Crippen LogP contribution in [0.25, 0.3) is 10.9 Å². The van der Waals surface area contributed by atoms with Gasteiger partial charge >= 0.3 is 5.97 Å². The Morgan fingerprint density at radius 3 is 2.83 bits per heavy atom. The molecule has 36 heavy (non-hydrogen) atoms. The third kappa shape index (κ3) is 6.78. The van der Waals surface area contributed by atoms with Crippen molar-refractivity contribution < 1.29 is 19.7 Å². The van der Waals surface area contributed by atoms with E-state index in [1.165, 1.54) is 10.5 Å². The molecule has 1 unspecified atom stereocenters. The Kier molecular flexibility index (Phi) is 9.24. The van der Waals surface area contributed by atoms with Gasteiger partial charge in [0.2, 0.25) is 0 Å². The molecule has 0 amide bonds. The molecule has 192 valence electrons. The molecule has 2 N–H and O–H groups in total. The number of aromatic nitrogens is 1. The monoisotopic (exact) mass is 508 g/mol. The lowest BCUT2D eigenvalue weighted by atomic mass is 9.79. The van der Waals surface area contributed by atoms with Crippen molar-refractivity contribution in [3.63, 3.8) is 0 Å². The highest BCUT2D eigenvalue weighted by Gasteiger charge is 2.31. The van der Waals surface area contributed by atoms with Crippen LogP contribution in [0.4, 0.5) is 0 Å². The lowest BCUT2D eigenvalue weighted by Gasteiger charge is -2.38. The van der Waals surface area contributed by atoms with Gasteiger partial charge in [-0.2, -0.15) is 0 Å². The Bertz CT molecular complexity index is 1170. The number of carboxylic acid groups (broad SMARTS) is 1. The SMILES string of the molecule is COc1ccc2nccc(C(O)CC[C@@H]3CCN(CCSc4ccccc4C)C[C@@H]3CC(=O)O)c2c1. The van der Waals surface area contributed by atoms with Gasteiger partial charge in [-0.1, -0.05) is 18.2 Å². The topological polar surface area (TPSA) is 82.9 Å². The second kappa shape index (κ2) is 12.6. The summed E-state index contributed by atoms with van der Waals surface area (Å²) in [5.41, 5.74) is 2.97. The second-order valence-electron chi connectivity index (χ2n) is 9.70. The van der Waals surface area contributed by atoms with Crippen molar-refractivity contribution in [1.82, 2.24) is 9.88 Å². The number of ether oxygens (including phenoxy) is 1. The number of methoxy groups -OCH3 is 1. The fourth-order valence-corrected chi connectivity index (χ4v) is 6.33. The van der Waals surface area contributed by atoms with Gasteiger partial charge in [-0.15, -0.1) is 11.8 Å². The molecule has 3 aromatic rings. The van der Waals surface area contributed by atoms with Crippen LogP contribution in [0.3, 0.4) is 0 Å². The van der Waals surface area contributed by atoms with E-state index < -0.39 is 12.1 Å². The van der Waals surface area contributed by atoms with Crippen molar-refractivity contribution in [2.75, 3.05) is 32.5 Å². The van der Waals surface area contributed by atoms with Gasteiger partial charge in [0.25, 0.3) is 0 Å². The highest BCUT2D eigenvalue weighted by atomic mass is 32.2. The van der Waals surface area contributed by atoms with Crippen molar-refractivity contribution in [1.29, 1.82) is 0 Å². The molecule has 1 aliphatic heterocycles. The van der Waals surface area contributed by atoms with Crippen LogP contribution in [0.2, 0.25) is 0 Å². The van der Waals surface area contributed by atoms with E-state index in [2.05, 4.69) is 41.1 Å². The lowest BCUT2D eigenvalue weighted by Crippen LogP contribution is -2.42. The van der Waals surface area contributed by atoms with Crippen molar-refractivity contribution in [3.8, 4) is 5.75 Å². The van der Waals surface area contributed by atoms with Gasteiger partial charge < -0.3 is 19.8 Å². The van der Waals surface area contributed by atoms with Crippen molar-refractivity contribution in [2.24, 2.45) is 11.8 Å². The minimum Gasteiger partial charge on any atom is -0.497 e. The van der Waals surface area contributed by atoms with Gasteiger partial charge in [-0.05, 0) is 86.0 Å². The quantitative estimate of drug-likeness (QED) is 0.328. The van der Waals surface area contributed by atoms with Crippen LogP contribution in [0, 0.1) is 18.8 Å². The van der Waals surface area contributed by atoms with E-state index in [9.17, 15) is 15.0 Å². The standard InChI is InChI=1S/C29H36N2O4S/c1-20-5-3-4-6-28(20)36-16-15-31-14-12-21(22(19-31)17-29(33)34)7-10-27(32)24-11-13-30-26-9-8-23(35-2)18-25(24)26/h3-6,8-9,11,13,18,21-22,27,32H,7,10,12,14-17,19H2,1-2H3,(H,33,34)/t21-,22+,27?/m1/s1. The Labute approximate surface area is 217 Å². The Balaban J connectivity index is 1.35. The van der Waals surface area contributed by atoms with Gasteiger partial charge in [-0.25, -0.2) is 0 Å². The maximum absolute atomic E-state index is 11.6. The fraction of sp³-hybridized carbons (Fsp3) is 0.448. The summed E-state index contributed by atoms with van der Waals surface area (Å²) in [6.45, 7) is 4.86. The number of benzene rings is 2. The van der Waals surface area contributed by atoms with Gasteiger partial charge in [-0.3, -0.25) is 9.78 Å². The summed E-state index contributed by atoms with van der Waals surface area (Å²) >= 11 is 1.87. The molecule has 0 saturated carbocycles. The van der Waals surface area contributed by atoms with Crippen LogP contribution in [-0.4, -0.2) is 58.6 Å². The van der Waals surface area contributed by atoms with E-state index in [4.69, 9.17) is 4.74 Å². The summed E-state index contributed by atoms with van der Waals surface area (Å²) in [6.07, 6.45) is 3.64. The first-order chi connectivity index (χ1) is 17.4. The van der Waals surface area contributed by atoms with Crippen molar-refractivity contribution in [3.05, 3.63) is 65.9 Å². The van der Waals surface area contributed by atoms with Crippen molar-refractivity contribution >= 4 is 28.6 Å². The molecular weight excluding hydrogens is 472 g/mol. The highest BCUT2D eigenvalue weighted by molar-refractivity contribution is 7.99. The fourth-order valence-electron chi connectivity index (χ4n) is 5.29. The molecule has 1 fully saturated rings. The molecule has 2 heterocycles. The summed E-state index contributed by atoms with van der Waals surface area (Å²) in [7, 11) is 1.63. The first-order valence-electron chi connectivity index (χ1n) is 12.7. The zero-order valence-corrected chi connectivity index (χ0v) is 21.9. The second-order valence-corrected chi connectivity index (χ2v) is 10.8. The maximum Gasteiger partial charge on any atom is 0.303 e. The number of hydrogen-bond acceptors (Lipinski definition) is 6. The molecule has 0 aliphatic carbocycles. The number of rotatable bonds is 11. The summed E-state index contributed by atoms with van der Waals surface area (Å²) in [5, 5.41) is 21.5. The van der Waals surface area contributed by atoms with E-state index in [1.807, 2.05) is 36.0 Å². The third-order valence-corrected chi connectivity index (χ3v) is 8.48. The summed E-state index contributed by atoms with van der Waals surface area (Å²) < 4.78 is 5.36.